The van der Waals surface area contributed by atoms with Gasteiger partial charge in [-0.05, 0) is 32.0 Å². The van der Waals surface area contributed by atoms with Crippen LogP contribution < -0.4 is 16.4 Å². The van der Waals surface area contributed by atoms with Crippen LogP contribution in [0, 0.1) is 0 Å². The molecule has 0 saturated carbocycles. The van der Waals surface area contributed by atoms with Crippen LogP contribution in [0.5, 0.6) is 0 Å². The molecule has 0 atom stereocenters. The Morgan fingerprint density at radius 3 is 2.43 bits per heavy atom. The molecule has 0 bridgehead atoms. The number of benzene rings is 1. The number of rotatable bonds is 5. The van der Waals surface area contributed by atoms with Gasteiger partial charge in [-0.15, -0.1) is 0 Å². The third-order valence-electron chi connectivity index (χ3n) is 2.47. The number of carboxylic acids is 1. The minimum absolute atomic E-state index is 0.0146. The molecule has 5 N–H and O–H groups in total. The summed E-state index contributed by atoms with van der Waals surface area (Å²) >= 11 is 3.17. The van der Waals surface area contributed by atoms with Crippen LogP contribution >= 0.6 is 15.9 Å². The van der Waals surface area contributed by atoms with E-state index >= 15 is 0 Å². The van der Waals surface area contributed by atoms with Crippen LogP contribution in [0.15, 0.2) is 22.7 Å². The maximum absolute atomic E-state index is 11.9. The van der Waals surface area contributed by atoms with Crippen LogP contribution in [-0.4, -0.2) is 28.6 Å². The van der Waals surface area contributed by atoms with Crippen molar-refractivity contribution in [1.82, 2.24) is 5.32 Å². The van der Waals surface area contributed by atoms with E-state index in [0.717, 1.165) is 0 Å². The van der Waals surface area contributed by atoms with Gasteiger partial charge >= 0.3 is 12.0 Å². The highest BCUT2D eigenvalue weighted by Crippen LogP contribution is 2.20. The molecule has 0 saturated heterocycles. The first kappa shape index (κ1) is 17.0. The summed E-state index contributed by atoms with van der Waals surface area (Å²) in [5.74, 6) is -1.63. The number of amides is 3. The fraction of sp³-hybridized carbons (Fsp3) is 0.308. The zero-order valence-corrected chi connectivity index (χ0v) is 13.2. The summed E-state index contributed by atoms with van der Waals surface area (Å²) in [6.45, 7) is 3.31. The number of aromatic carboxylic acids is 1. The lowest BCUT2D eigenvalue weighted by atomic mass is 10.0. The molecule has 21 heavy (non-hydrogen) atoms. The van der Waals surface area contributed by atoms with E-state index in [0.29, 0.717) is 10.2 Å². The molecule has 0 aliphatic rings. The maximum atomic E-state index is 11.9. The van der Waals surface area contributed by atoms with Crippen molar-refractivity contribution in [3.05, 3.63) is 28.2 Å². The number of nitrogens with two attached hydrogens (primary N) is 1. The molecule has 0 unspecified atom stereocenters. The van der Waals surface area contributed by atoms with E-state index in [-0.39, 0.29) is 12.0 Å². The lowest BCUT2D eigenvalue weighted by Crippen LogP contribution is -2.47. The molecule has 114 valence electrons. The highest BCUT2D eigenvalue weighted by Gasteiger charge is 2.23. The van der Waals surface area contributed by atoms with Crippen molar-refractivity contribution >= 4 is 39.5 Å². The third kappa shape index (κ3) is 5.82. The van der Waals surface area contributed by atoms with E-state index in [1.54, 1.807) is 19.9 Å². The monoisotopic (exact) mass is 357 g/mol. The quantitative estimate of drug-likeness (QED) is 0.642. The fourth-order valence-electron chi connectivity index (χ4n) is 1.73. The molecule has 0 aliphatic carbocycles. The first-order valence-electron chi connectivity index (χ1n) is 6.00. The number of carbonyl (C=O) groups is 3. The Morgan fingerprint density at radius 2 is 1.90 bits per heavy atom. The van der Waals surface area contributed by atoms with E-state index in [1.807, 2.05) is 0 Å². The Bertz CT molecular complexity index is 587. The number of anilines is 1. The Kier molecular flexibility index (Phi) is 5.31. The topological polar surface area (TPSA) is 122 Å². The Hall–Kier alpha value is -2.09. The van der Waals surface area contributed by atoms with Gasteiger partial charge in [-0.25, -0.2) is 9.59 Å². The minimum Gasteiger partial charge on any atom is -0.478 e. The third-order valence-corrected chi connectivity index (χ3v) is 2.93. The summed E-state index contributed by atoms with van der Waals surface area (Å²) in [5, 5.41) is 14.1. The molecule has 0 aromatic heterocycles. The van der Waals surface area contributed by atoms with Crippen molar-refractivity contribution in [2.45, 2.75) is 25.8 Å². The van der Waals surface area contributed by atoms with Crippen LogP contribution in [0.3, 0.4) is 0 Å². The number of urea groups is 1. The van der Waals surface area contributed by atoms with Crippen LogP contribution in [-0.2, 0) is 4.79 Å². The molecule has 0 radical (unpaired) electrons. The number of halogens is 1. The first-order chi connectivity index (χ1) is 9.59. The molecule has 1 rings (SSSR count). The summed E-state index contributed by atoms with van der Waals surface area (Å²) in [6, 6.07) is 3.75. The number of primary amides is 1. The minimum atomic E-state index is -1.10. The summed E-state index contributed by atoms with van der Waals surface area (Å²) < 4.78 is 0.522. The van der Waals surface area contributed by atoms with Gasteiger partial charge in [0.25, 0.3) is 0 Å². The van der Waals surface area contributed by atoms with Gasteiger partial charge in [0, 0.05) is 22.1 Å². The molecule has 0 fully saturated rings. The zero-order chi connectivity index (χ0) is 16.2. The molecule has 0 heterocycles. The smallest absolute Gasteiger partial charge is 0.335 e. The molecular weight excluding hydrogens is 342 g/mol. The van der Waals surface area contributed by atoms with Crippen molar-refractivity contribution in [2.75, 3.05) is 5.32 Å². The van der Waals surface area contributed by atoms with Crippen molar-refractivity contribution in [1.29, 1.82) is 0 Å². The number of hydrogen-bond acceptors (Lipinski definition) is 3. The second-order valence-corrected chi connectivity index (χ2v) is 6.06. The average Bonchev–Trinajstić information content (AvgIpc) is 2.24. The Morgan fingerprint density at radius 1 is 1.29 bits per heavy atom. The van der Waals surface area contributed by atoms with E-state index in [4.69, 9.17) is 10.8 Å². The molecule has 8 heteroatoms. The number of carbonyl (C=O) groups excluding carboxylic acids is 2. The summed E-state index contributed by atoms with van der Waals surface area (Å²) in [5.41, 5.74) is 4.64. The summed E-state index contributed by atoms with van der Waals surface area (Å²) in [6.07, 6.45) is -0.0146. The van der Waals surface area contributed by atoms with Gasteiger partial charge in [0.1, 0.15) is 0 Å². The molecule has 0 spiro atoms. The fourth-order valence-corrected chi connectivity index (χ4v) is 2.23. The first-order valence-corrected chi connectivity index (χ1v) is 6.80. The van der Waals surface area contributed by atoms with Gasteiger partial charge in [0.2, 0.25) is 5.91 Å². The maximum Gasteiger partial charge on any atom is 0.335 e. The molecule has 3 amide bonds. The lowest BCUT2D eigenvalue weighted by Gasteiger charge is -2.24. The number of hydrogen-bond donors (Lipinski definition) is 4. The van der Waals surface area contributed by atoms with Crippen LogP contribution in [0.25, 0.3) is 0 Å². The summed E-state index contributed by atoms with van der Waals surface area (Å²) in [7, 11) is 0. The van der Waals surface area contributed by atoms with Gasteiger partial charge in [-0.2, -0.15) is 0 Å². The standard InChI is InChI=1S/C13H16BrN3O4/c1-13(2,6-10(15)18)17-12(21)16-9-4-7(11(19)20)3-8(14)5-9/h3-5H,6H2,1-2H3,(H2,15,18)(H,19,20)(H2,16,17,21). The van der Waals surface area contributed by atoms with E-state index < -0.39 is 23.4 Å². The molecule has 7 nitrogen and oxygen atoms in total. The van der Waals surface area contributed by atoms with Gasteiger partial charge in [-0.3, -0.25) is 4.79 Å². The van der Waals surface area contributed by atoms with Gasteiger partial charge in [0.05, 0.1) is 5.56 Å². The average molecular weight is 358 g/mol. The predicted octanol–water partition coefficient (Wildman–Crippen LogP) is 1.92. The highest BCUT2D eigenvalue weighted by atomic mass is 79.9. The molecule has 1 aromatic rings. The van der Waals surface area contributed by atoms with Gasteiger partial charge in [0.15, 0.2) is 0 Å². The van der Waals surface area contributed by atoms with Crippen LogP contribution in [0.4, 0.5) is 10.5 Å². The van der Waals surface area contributed by atoms with Crippen molar-refractivity contribution < 1.29 is 19.5 Å². The molecular formula is C13H16BrN3O4. The Balaban J connectivity index is 2.79. The zero-order valence-electron chi connectivity index (χ0n) is 11.6. The van der Waals surface area contributed by atoms with Gasteiger partial charge in [-0.1, -0.05) is 15.9 Å². The predicted molar refractivity (Wildman–Crippen MR) is 81.1 cm³/mol. The van der Waals surface area contributed by atoms with E-state index in [2.05, 4.69) is 26.6 Å². The van der Waals surface area contributed by atoms with Crippen LogP contribution in [0.1, 0.15) is 30.6 Å². The number of carboxylic acid groups (broad SMARTS) is 1. The lowest BCUT2D eigenvalue weighted by molar-refractivity contribution is -0.119. The largest absolute Gasteiger partial charge is 0.478 e. The SMILES string of the molecule is CC(C)(CC(N)=O)NC(=O)Nc1cc(Br)cc(C(=O)O)c1. The van der Waals surface area contributed by atoms with Crippen molar-refractivity contribution in [3.8, 4) is 0 Å². The molecule has 1 aromatic carbocycles. The molecule has 0 aliphatic heterocycles. The highest BCUT2D eigenvalue weighted by molar-refractivity contribution is 9.10. The van der Waals surface area contributed by atoms with E-state index in [9.17, 15) is 14.4 Å². The second kappa shape index (κ2) is 6.57. The summed E-state index contributed by atoms with van der Waals surface area (Å²) in [4.78, 5) is 33.7. The normalized spacial score (nSPS) is 10.8. The number of nitrogens with one attached hydrogen (secondary N) is 2. The van der Waals surface area contributed by atoms with Crippen LogP contribution in [0.2, 0.25) is 0 Å². The van der Waals surface area contributed by atoms with E-state index in [1.165, 1.54) is 12.1 Å². The van der Waals surface area contributed by atoms with Crippen molar-refractivity contribution in [3.63, 3.8) is 0 Å². The van der Waals surface area contributed by atoms with Crippen molar-refractivity contribution in [2.24, 2.45) is 5.73 Å². The van der Waals surface area contributed by atoms with Gasteiger partial charge < -0.3 is 21.5 Å². The Labute approximate surface area is 130 Å². The second-order valence-electron chi connectivity index (χ2n) is 5.14.